The minimum Gasteiger partial charge on any atom is -0.351 e. The van der Waals surface area contributed by atoms with Crippen molar-refractivity contribution < 1.29 is 4.79 Å². The van der Waals surface area contributed by atoms with Gasteiger partial charge in [0.25, 0.3) is 0 Å². The molecule has 1 aliphatic rings. The Kier molecular flexibility index (Phi) is 4.07. The van der Waals surface area contributed by atoms with E-state index in [9.17, 15) is 4.79 Å². The van der Waals surface area contributed by atoms with E-state index in [1.54, 1.807) is 11.3 Å². The molecule has 0 spiro atoms. The van der Waals surface area contributed by atoms with Crippen molar-refractivity contribution in [2.24, 2.45) is 11.1 Å². The number of carbonyl (C=O) groups is 1. The van der Waals surface area contributed by atoms with Gasteiger partial charge in [-0.25, -0.2) is 0 Å². The van der Waals surface area contributed by atoms with Gasteiger partial charge in [0.15, 0.2) is 0 Å². The fourth-order valence-electron chi connectivity index (χ4n) is 2.46. The summed E-state index contributed by atoms with van der Waals surface area (Å²) in [5.41, 5.74) is 7.18. The topological polar surface area (TPSA) is 55.1 Å². The van der Waals surface area contributed by atoms with Crippen LogP contribution in [0.1, 0.15) is 41.0 Å². The van der Waals surface area contributed by atoms with E-state index in [-0.39, 0.29) is 11.3 Å². The molecule has 1 fully saturated rings. The van der Waals surface area contributed by atoms with Crippen LogP contribution in [-0.2, 0) is 11.3 Å². The van der Waals surface area contributed by atoms with Gasteiger partial charge in [-0.1, -0.05) is 6.42 Å². The zero-order valence-electron chi connectivity index (χ0n) is 11.2. The van der Waals surface area contributed by atoms with Gasteiger partial charge in [0.2, 0.25) is 5.91 Å². The molecule has 1 amide bonds. The van der Waals surface area contributed by atoms with E-state index in [4.69, 9.17) is 5.73 Å². The van der Waals surface area contributed by atoms with Crippen molar-refractivity contribution in [1.29, 1.82) is 0 Å². The van der Waals surface area contributed by atoms with E-state index in [2.05, 4.69) is 25.2 Å². The predicted molar refractivity (Wildman–Crippen MR) is 75.6 cm³/mol. The Morgan fingerprint density at radius 3 is 2.67 bits per heavy atom. The van der Waals surface area contributed by atoms with Crippen LogP contribution in [0.3, 0.4) is 0 Å². The monoisotopic (exact) mass is 266 g/mol. The largest absolute Gasteiger partial charge is 0.351 e. The van der Waals surface area contributed by atoms with Crippen molar-refractivity contribution in [2.75, 3.05) is 6.54 Å². The predicted octanol–water partition coefficient (Wildman–Crippen LogP) is 2.50. The smallest absolute Gasteiger partial charge is 0.220 e. The molecule has 1 aromatic rings. The van der Waals surface area contributed by atoms with Crippen LogP contribution in [0.5, 0.6) is 0 Å². The van der Waals surface area contributed by atoms with Gasteiger partial charge in [-0.05, 0) is 50.3 Å². The summed E-state index contributed by atoms with van der Waals surface area (Å²) >= 11 is 1.76. The second-order valence-corrected chi connectivity index (χ2v) is 6.80. The van der Waals surface area contributed by atoms with Crippen LogP contribution in [0.15, 0.2) is 6.07 Å². The van der Waals surface area contributed by atoms with Crippen molar-refractivity contribution in [1.82, 2.24) is 5.32 Å². The number of hydrogen-bond donors (Lipinski definition) is 2. The highest BCUT2D eigenvalue weighted by Crippen LogP contribution is 2.42. The summed E-state index contributed by atoms with van der Waals surface area (Å²) in [6, 6.07) is 2.16. The van der Waals surface area contributed by atoms with E-state index in [0.29, 0.717) is 19.5 Å². The highest BCUT2D eigenvalue weighted by molar-refractivity contribution is 7.12. The molecule has 4 heteroatoms. The van der Waals surface area contributed by atoms with Crippen LogP contribution >= 0.6 is 11.3 Å². The minimum atomic E-state index is 0.103. The maximum Gasteiger partial charge on any atom is 0.220 e. The summed E-state index contributed by atoms with van der Waals surface area (Å²) < 4.78 is 0. The summed E-state index contributed by atoms with van der Waals surface area (Å²) in [6.07, 6.45) is 4.02. The van der Waals surface area contributed by atoms with Crippen molar-refractivity contribution in [3.05, 3.63) is 21.4 Å². The summed E-state index contributed by atoms with van der Waals surface area (Å²) in [4.78, 5) is 14.5. The normalized spacial score (nSPS) is 17.3. The Morgan fingerprint density at radius 1 is 1.50 bits per heavy atom. The van der Waals surface area contributed by atoms with Gasteiger partial charge in [-0.2, -0.15) is 0 Å². The van der Waals surface area contributed by atoms with Gasteiger partial charge in [-0.3, -0.25) is 4.79 Å². The fourth-order valence-corrected chi connectivity index (χ4v) is 3.45. The third-order valence-electron chi connectivity index (χ3n) is 4.06. The average Bonchev–Trinajstić information content (AvgIpc) is 2.61. The minimum absolute atomic E-state index is 0.103. The van der Waals surface area contributed by atoms with E-state index < -0.39 is 0 Å². The molecule has 0 bridgehead atoms. The second-order valence-electron chi connectivity index (χ2n) is 5.46. The first-order chi connectivity index (χ1) is 8.54. The Bertz CT molecular complexity index is 410. The van der Waals surface area contributed by atoms with Crippen molar-refractivity contribution in [3.8, 4) is 0 Å². The highest BCUT2D eigenvalue weighted by Gasteiger charge is 2.37. The lowest BCUT2D eigenvalue weighted by atomic mass is 9.66. The first-order valence-corrected chi connectivity index (χ1v) is 7.39. The Morgan fingerprint density at radius 2 is 2.22 bits per heavy atom. The third kappa shape index (κ3) is 2.93. The number of thiophene rings is 1. The molecule has 3 N–H and O–H groups in total. The molecule has 100 valence electrons. The number of nitrogens with two attached hydrogens (primary N) is 1. The van der Waals surface area contributed by atoms with Crippen LogP contribution < -0.4 is 11.1 Å². The number of aryl methyl sites for hydroxylation is 2. The lowest BCUT2D eigenvalue weighted by Crippen LogP contribution is -2.41. The van der Waals surface area contributed by atoms with Gasteiger partial charge in [-0.15, -0.1) is 11.3 Å². The molecule has 1 aromatic heterocycles. The molecule has 3 nitrogen and oxygen atoms in total. The van der Waals surface area contributed by atoms with E-state index in [1.807, 2.05) is 0 Å². The van der Waals surface area contributed by atoms with Gasteiger partial charge < -0.3 is 11.1 Å². The molecule has 2 rings (SSSR count). The van der Waals surface area contributed by atoms with E-state index in [0.717, 1.165) is 12.8 Å². The Balaban J connectivity index is 1.81. The summed E-state index contributed by atoms with van der Waals surface area (Å²) in [5, 5.41) is 3.01. The second kappa shape index (κ2) is 5.41. The van der Waals surface area contributed by atoms with Gasteiger partial charge >= 0.3 is 0 Å². The molecule has 0 radical (unpaired) electrons. The first kappa shape index (κ1) is 13.6. The van der Waals surface area contributed by atoms with Gasteiger partial charge in [0.1, 0.15) is 0 Å². The molecular formula is C14H22N2OS. The zero-order valence-corrected chi connectivity index (χ0v) is 12.0. The number of rotatable bonds is 5. The van der Waals surface area contributed by atoms with Crippen LogP contribution in [0.25, 0.3) is 0 Å². The van der Waals surface area contributed by atoms with Gasteiger partial charge in [0.05, 0.1) is 6.54 Å². The third-order valence-corrected chi connectivity index (χ3v) is 5.21. The van der Waals surface area contributed by atoms with Crippen LogP contribution in [-0.4, -0.2) is 12.5 Å². The van der Waals surface area contributed by atoms with Gasteiger partial charge in [0, 0.05) is 16.2 Å². The molecule has 1 heterocycles. The highest BCUT2D eigenvalue weighted by atomic mass is 32.1. The molecule has 1 saturated carbocycles. The molecular weight excluding hydrogens is 244 g/mol. The quantitative estimate of drug-likeness (QED) is 0.860. The molecule has 1 aliphatic carbocycles. The Labute approximate surface area is 113 Å². The summed E-state index contributed by atoms with van der Waals surface area (Å²) in [5.74, 6) is 0.142. The molecule has 0 atom stereocenters. The SMILES string of the molecule is Cc1cc(CNC(=O)CC2(CN)CCC2)sc1C. The fraction of sp³-hybridized carbons (Fsp3) is 0.643. The van der Waals surface area contributed by atoms with E-state index >= 15 is 0 Å². The molecule has 18 heavy (non-hydrogen) atoms. The van der Waals surface area contributed by atoms with Crippen LogP contribution in [0.4, 0.5) is 0 Å². The number of hydrogen-bond acceptors (Lipinski definition) is 3. The van der Waals surface area contributed by atoms with E-state index in [1.165, 1.54) is 21.7 Å². The summed E-state index contributed by atoms with van der Waals surface area (Å²) in [7, 11) is 0. The molecule has 0 aliphatic heterocycles. The van der Waals surface area contributed by atoms with Crippen LogP contribution in [0.2, 0.25) is 0 Å². The average molecular weight is 266 g/mol. The zero-order chi connectivity index (χ0) is 13.2. The number of nitrogens with one attached hydrogen (secondary N) is 1. The molecule has 0 saturated heterocycles. The lowest BCUT2D eigenvalue weighted by Gasteiger charge is -2.40. The number of carbonyl (C=O) groups excluding carboxylic acids is 1. The maximum atomic E-state index is 11.9. The molecule has 0 unspecified atom stereocenters. The van der Waals surface area contributed by atoms with Crippen molar-refractivity contribution in [3.63, 3.8) is 0 Å². The van der Waals surface area contributed by atoms with Crippen molar-refractivity contribution in [2.45, 2.75) is 46.1 Å². The summed E-state index contributed by atoms with van der Waals surface area (Å²) in [6.45, 7) is 5.51. The van der Waals surface area contributed by atoms with Crippen LogP contribution in [0, 0.1) is 19.3 Å². The standard InChI is InChI=1S/C14H22N2OS/c1-10-6-12(18-11(10)2)8-16-13(17)7-14(9-15)4-3-5-14/h6H,3-5,7-9,15H2,1-2H3,(H,16,17). The Hall–Kier alpha value is -0.870. The van der Waals surface area contributed by atoms with Crippen molar-refractivity contribution >= 4 is 17.2 Å². The number of amides is 1. The lowest BCUT2D eigenvalue weighted by molar-refractivity contribution is -0.124. The molecule has 0 aromatic carbocycles. The maximum absolute atomic E-state index is 11.9. The first-order valence-electron chi connectivity index (χ1n) is 6.57.